The third-order valence-electron chi connectivity index (χ3n) is 5.12. The molecule has 0 aromatic rings. The van der Waals surface area contributed by atoms with Crippen LogP contribution >= 0.6 is 12.4 Å². The number of hydrogen-bond donors (Lipinski definition) is 1. The lowest BCUT2D eigenvalue weighted by molar-refractivity contribution is -0.141. The van der Waals surface area contributed by atoms with Gasteiger partial charge in [0.25, 0.3) is 0 Å². The maximum atomic E-state index is 13.0. The van der Waals surface area contributed by atoms with Crippen LogP contribution in [0.15, 0.2) is 0 Å². The first kappa shape index (κ1) is 23.2. The molecule has 1 saturated heterocycles. The summed E-state index contributed by atoms with van der Waals surface area (Å²) in [6, 6.07) is -0.165. The number of sulfone groups is 1. The minimum Gasteiger partial charge on any atom is -0.480 e. The minimum atomic E-state index is -3.07. The summed E-state index contributed by atoms with van der Waals surface area (Å²) in [7, 11) is -3.07. The summed E-state index contributed by atoms with van der Waals surface area (Å²) in [6.07, 6.45) is 6.36. The highest BCUT2D eigenvalue weighted by Crippen LogP contribution is 2.28. The van der Waals surface area contributed by atoms with E-state index in [1.165, 1.54) is 0 Å². The van der Waals surface area contributed by atoms with Crippen LogP contribution in [0, 0.1) is 0 Å². The molecule has 1 aliphatic heterocycles. The Hall–Kier alpha value is -0.860. The molecule has 0 bridgehead atoms. The van der Waals surface area contributed by atoms with E-state index in [4.69, 9.17) is 5.11 Å². The molecule has 7 nitrogen and oxygen atoms in total. The lowest BCUT2D eigenvalue weighted by Gasteiger charge is -2.39. The van der Waals surface area contributed by atoms with E-state index < -0.39 is 15.8 Å². The van der Waals surface area contributed by atoms with Gasteiger partial charge in [0.1, 0.15) is 0 Å². The van der Waals surface area contributed by atoms with Crippen molar-refractivity contribution in [2.75, 3.05) is 31.1 Å². The molecule has 9 heteroatoms. The molecule has 2 rings (SSSR count). The van der Waals surface area contributed by atoms with Crippen molar-refractivity contribution in [2.24, 2.45) is 0 Å². The molecule has 0 aromatic heterocycles. The molecule has 152 valence electrons. The molecule has 0 radical (unpaired) electrons. The molecule has 26 heavy (non-hydrogen) atoms. The van der Waals surface area contributed by atoms with Crippen molar-refractivity contribution in [3.63, 3.8) is 0 Å². The van der Waals surface area contributed by atoms with Gasteiger partial charge >= 0.3 is 5.97 Å². The van der Waals surface area contributed by atoms with Crippen molar-refractivity contribution in [3.05, 3.63) is 0 Å². The Balaban J connectivity index is 0.00000338. The van der Waals surface area contributed by atoms with Crippen molar-refractivity contribution >= 4 is 34.1 Å². The molecule has 0 aromatic carbocycles. The minimum absolute atomic E-state index is 0. The van der Waals surface area contributed by atoms with Crippen molar-refractivity contribution in [1.82, 2.24) is 9.80 Å². The third kappa shape index (κ3) is 6.70. The Morgan fingerprint density at radius 2 is 1.69 bits per heavy atom. The first-order chi connectivity index (χ1) is 11.8. The molecule has 1 saturated carbocycles. The van der Waals surface area contributed by atoms with Crippen LogP contribution in [0.1, 0.15) is 51.9 Å². The molecule has 0 spiro atoms. The van der Waals surface area contributed by atoms with Crippen LogP contribution in [0.25, 0.3) is 0 Å². The number of nitrogens with zero attached hydrogens (tertiary/aromatic N) is 2. The second-order valence-electron chi connectivity index (χ2n) is 7.25. The van der Waals surface area contributed by atoms with E-state index in [2.05, 4.69) is 0 Å². The zero-order valence-electron chi connectivity index (χ0n) is 15.4. The third-order valence-corrected chi connectivity index (χ3v) is 6.87. The summed E-state index contributed by atoms with van der Waals surface area (Å²) < 4.78 is 23.8. The van der Waals surface area contributed by atoms with Gasteiger partial charge in [-0.25, -0.2) is 8.42 Å². The lowest BCUT2D eigenvalue weighted by Crippen LogP contribution is -2.52. The van der Waals surface area contributed by atoms with Gasteiger partial charge < -0.3 is 10.0 Å². The van der Waals surface area contributed by atoms with Crippen LogP contribution in [0.3, 0.4) is 0 Å². The van der Waals surface area contributed by atoms with E-state index in [9.17, 15) is 18.0 Å². The van der Waals surface area contributed by atoms with Gasteiger partial charge in [-0.1, -0.05) is 26.2 Å². The van der Waals surface area contributed by atoms with Gasteiger partial charge in [-0.2, -0.15) is 0 Å². The lowest BCUT2D eigenvalue weighted by atomic mass is 9.92. The standard InChI is InChI=1S/C17H30N2O5S.ClH/c1-2-9-18(12-17(21)22)11-16(20)19(14-6-4-3-5-7-14)15-8-10-25(23,24)13-15;/h14-15H,2-13H2,1H3,(H,21,22);1H. The molecule has 1 amide bonds. The normalized spacial score (nSPS) is 22.8. The van der Waals surface area contributed by atoms with Crippen molar-refractivity contribution in [2.45, 2.75) is 64.0 Å². The quantitative estimate of drug-likeness (QED) is 0.652. The van der Waals surface area contributed by atoms with Gasteiger partial charge in [0.15, 0.2) is 9.84 Å². The largest absolute Gasteiger partial charge is 0.480 e. The number of amides is 1. The highest BCUT2D eigenvalue weighted by atomic mass is 35.5. The summed E-state index contributed by atoms with van der Waals surface area (Å²) in [6.45, 7) is 2.37. The van der Waals surface area contributed by atoms with Gasteiger partial charge in [-0.3, -0.25) is 14.5 Å². The van der Waals surface area contributed by atoms with E-state index in [0.717, 1.165) is 38.5 Å². The number of halogens is 1. The van der Waals surface area contributed by atoms with Gasteiger partial charge in [0.05, 0.1) is 24.6 Å². The summed E-state index contributed by atoms with van der Waals surface area (Å²) >= 11 is 0. The fourth-order valence-corrected chi connectivity index (χ4v) is 5.77. The number of carboxylic acid groups (broad SMARTS) is 1. The molecular weight excluding hydrogens is 380 g/mol. The fraction of sp³-hybridized carbons (Fsp3) is 0.882. The molecule has 2 fully saturated rings. The SMILES string of the molecule is CCCN(CC(=O)O)CC(=O)N(C1CCCCC1)C1CCS(=O)(=O)C1.Cl. The van der Waals surface area contributed by atoms with Crippen LogP contribution in [0.2, 0.25) is 0 Å². The van der Waals surface area contributed by atoms with Gasteiger partial charge in [0.2, 0.25) is 5.91 Å². The smallest absolute Gasteiger partial charge is 0.317 e. The average molecular weight is 411 g/mol. The summed E-state index contributed by atoms with van der Waals surface area (Å²) in [5.41, 5.74) is 0. The topological polar surface area (TPSA) is 95.0 Å². The molecule has 2 aliphatic rings. The highest BCUT2D eigenvalue weighted by molar-refractivity contribution is 7.91. The van der Waals surface area contributed by atoms with Crippen molar-refractivity contribution < 1.29 is 23.1 Å². The maximum Gasteiger partial charge on any atom is 0.317 e. The van der Waals surface area contributed by atoms with Crippen molar-refractivity contribution in [3.8, 4) is 0 Å². The number of carboxylic acids is 1. The van der Waals surface area contributed by atoms with Gasteiger partial charge in [0, 0.05) is 12.1 Å². The highest BCUT2D eigenvalue weighted by Gasteiger charge is 2.38. The maximum absolute atomic E-state index is 13.0. The van der Waals surface area contributed by atoms with Crippen LogP contribution in [-0.2, 0) is 19.4 Å². The average Bonchev–Trinajstić information content (AvgIpc) is 2.88. The summed E-state index contributed by atoms with van der Waals surface area (Å²) in [5, 5.41) is 9.04. The summed E-state index contributed by atoms with van der Waals surface area (Å²) in [4.78, 5) is 27.5. The van der Waals surface area contributed by atoms with Crippen LogP contribution in [0.5, 0.6) is 0 Å². The Morgan fingerprint density at radius 3 is 2.19 bits per heavy atom. The Bertz CT molecular complexity index is 578. The molecule has 1 unspecified atom stereocenters. The van der Waals surface area contributed by atoms with Gasteiger partial charge in [-0.15, -0.1) is 12.4 Å². The van der Waals surface area contributed by atoms with E-state index in [1.54, 1.807) is 9.80 Å². The van der Waals surface area contributed by atoms with E-state index in [1.807, 2.05) is 6.92 Å². The van der Waals surface area contributed by atoms with Crippen LogP contribution in [0.4, 0.5) is 0 Å². The fourth-order valence-electron chi connectivity index (χ4n) is 4.05. The zero-order valence-corrected chi connectivity index (χ0v) is 17.1. The number of rotatable bonds is 8. The first-order valence-electron chi connectivity index (χ1n) is 9.28. The molecular formula is C17H31ClN2O5S. The van der Waals surface area contributed by atoms with E-state index in [0.29, 0.717) is 13.0 Å². The Morgan fingerprint density at radius 1 is 1.04 bits per heavy atom. The number of carbonyl (C=O) groups is 2. The Kier molecular flexibility index (Phi) is 9.33. The summed E-state index contributed by atoms with van der Waals surface area (Å²) in [5.74, 6) is -0.887. The van der Waals surface area contributed by atoms with Crippen molar-refractivity contribution in [1.29, 1.82) is 0 Å². The monoisotopic (exact) mass is 410 g/mol. The van der Waals surface area contributed by atoms with Gasteiger partial charge in [-0.05, 0) is 32.2 Å². The second kappa shape index (κ2) is 10.5. The predicted molar refractivity (Wildman–Crippen MR) is 102 cm³/mol. The second-order valence-corrected chi connectivity index (χ2v) is 9.48. The molecule has 1 N–H and O–H groups in total. The Labute approximate surface area is 162 Å². The molecule has 1 atom stereocenters. The van der Waals surface area contributed by atoms with E-state index in [-0.39, 0.29) is 55.0 Å². The van der Waals surface area contributed by atoms with Crippen LogP contribution in [-0.4, -0.2) is 78.4 Å². The first-order valence-corrected chi connectivity index (χ1v) is 11.1. The number of hydrogen-bond acceptors (Lipinski definition) is 5. The predicted octanol–water partition coefficient (Wildman–Crippen LogP) is 1.55. The number of carbonyl (C=O) groups excluding carboxylic acids is 1. The van der Waals surface area contributed by atoms with Crippen LogP contribution < -0.4 is 0 Å². The molecule has 1 heterocycles. The zero-order chi connectivity index (χ0) is 18.4. The van der Waals surface area contributed by atoms with E-state index >= 15 is 0 Å². The number of aliphatic carboxylic acids is 1. The molecule has 1 aliphatic carbocycles.